The molecule has 0 atom stereocenters. The van der Waals surface area contributed by atoms with Gasteiger partial charge in [0.1, 0.15) is 4.99 Å². The van der Waals surface area contributed by atoms with Gasteiger partial charge < -0.3 is 9.80 Å². The topological polar surface area (TPSA) is 49.6 Å². The fourth-order valence-electron chi connectivity index (χ4n) is 2.75. The fourth-order valence-corrected chi connectivity index (χ4v) is 3.25. The van der Waals surface area contributed by atoms with Crippen LogP contribution in [0.15, 0.2) is 48.5 Å². The number of piperazine rings is 1. The lowest BCUT2D eigenvalue weighted by molar-refractivity contribution is -0.384. The molecule has 0 radical (unpaired) electrons. The number of nitro groups is 1. The normalized spacial score (nSPS) is 14.5. The summed E-state index contributed by atoms with van der Waals surface area (Å²) in [7, 11) is 0. The molecule has 1 aliphatic heterocycles. The zero-order valence-corrected chi connectivity index (χ0v) is 14.5. The molecule has 0 amide bonds. The molecule has 1 heterocycles. The average Bonchev–Trinajstić information content (AvgIpc) is 2.61. The lowest BCUT2D eigenvalue weighted by Gasteiger charge is -2.37. The van der Waals surface area contributed by atoms with E-state index in [9.17, 15) is 10.1 Å². The maximum Gasteiger partial charge on any atom is 0.269 e. The van der Waals surface area contributed by atoms with E-state index >= 15 is 0 Å². The van der Waals surface area contributed by atoms with E-state index in [1.807, 2.05) is 18.2 Å². The highest BCUT2D eigenvalue weighted by Gasteiger charge is 2.20. The molecule has 1 saturated heterocycles. The summed E-state index contributed by atoms with van der Waals surface area (Å²) in [6, 6.07) is 14.2. The molecule has 0 aliphatic carbocycles. The number of thiocarbonyl (C=S) groups is 1. The van der Waals surface area contributed by atoms with E-state index in [4.69, 9.17) is 23.8 Å². The number of rotatable bonds is 3. The predicted molar refractivity (Wildman–Crippen MR) is 100 cm³/mol. The molecule has 2 aromatic carbocycles. The number of nitro benzene ring substituents is 1. The van der Waals surface area contributed by atoms with Crippen molar-refractivity contribution in [1.29, 1.82) is 0 Å². The van der Waals surface area contributed by atoms with Crippen LogP contribution in [0.2, 0.25) is 5.02 Å². The van der Waals surface area contributed by atoms with Gasteiger partial charge in [-0.15, -0.1) is 0 Å². The Hall–Kier alpha value is -2.18. The van der Waals surface area contributed by atoms with Crippen LogP contribution in [0.3, 0.4) is 0 Å². The molecule has 1 aliphatic rings. The standard InChI is InChI=1S/C17H16ClN3O2S/c18-14-2-1-3-16(12-14)19-8-10-20(11-9-19)17(24)13-4-6-15(7-5-13)21(22)23/h1-7,12H,8-11H2. The van der Waals surface area contributed by atoms with E-state index in [0.29, 0.717) is 0 Å². The minimum atomic E-state index is -0.406. The number of halogens is 1. The van der Waals surface area contributed by atoms with Gasteiger partial charge in [0.2, 0.25) is 0 Å². The largest absolute Gasteiger partial charge is 0.368 e. The van der Waals surface area contributed by atoms with Crippen LogP contribution in [0.4, 0.5) is 11.4 Å². The first-order valence-corrected chi connectivity index (χ1v) is 8.37. The summed E-state index contributed by atoms with van der Waals surface area (Å²) >= 11 is 11.6. The van der Waals surface area contributed by atoms with Gasteiger partial charge in [-0.05, 0) is 30.3 Å². The number of non-ortho nitro benzene ring substituents is 1. The Labute approximate surface area is 150 Å². The van der Waals surface area contributed by atoms with Crippen LogP contribution in [0.5, 0.6) is 0 Å². The molecule has 3 rings (SSSR count). The second-order valence-corrected chi connectivity index (χ2v) is 6.39. The Bertz CT molecular complexity index is 759. The lowest BCUT2D eigenvalue weighted by atomic mass is 10.1. The highest BCUT2D eigenvalue weighted by molar-refractivity contribution is 7.80. The molecular weight excluding hydrogens is 346 g/mol. The summed E-state index contributed by atoms with van der Waals surface area (Å²) in [6.07, 6.45) is 0. The van der Waals surface area contributed by atoms with Crippen LogP contribution in [0.1, 0.15) is 5.56 Å². The Balaban J connectivity index is 1.63. The first-order valence-electron chi connectivity index (χ1n) is 7.59. The Morgan fingerprint density at radius 2 is 1.75 bits per heavy atom. The lowest BCUT2D eigenvalue weighted by Crippen LogP contribution is -2.48. The first-order chi connectivity index (χ1) is 11.5. The molecule has 0 spiro atoms. The van der Waals surface area contributed by atoms with Crippen LogP contribution < -0.4 is 4.90 Å². The van der Waals surface area contributed by atoms with Gasteiger partial charge in [0.05, 0.1) is 4.92 Å². The van der Waals surface area contributed by atoms with E-state index in [-0.39, 0.29) is 5.69 Å². The predicted octanol–water partition coefficient (Wildman–Crippen LogP) is 3.75. The molecular formula is C17H16ClN3O2S. The monoisotopic (exact) mass is 361 g/mol. The van der Waals surface area contributed by atoms with Crippen LogP contribution in [-0.2, 0) is 0 Å². The second kappa shape index (κ2) is 7.15. The minimum Gasteiger partial charge on any atom is -0.368 e. The average molecular weight is 362 g/mol. The summed E-state index contributed by atoms with van der Waals surface area (Å²) in [5.74, 6) is 0. The summed E-state index contributed by atoms with van der Waals surface area (Å²) in [5.41, 5.74) is 2.03. The van der Waals surface area contributed by atoms with Crippen LogP contribution in [0, 0.1) is 10.1 Å². The van der Waals surface area contributed by atoms with E-state index in [1.54, 1.807) is 12.1 Å². The highest BCUT2D eigenvalue weighted by Crippen LogP contribution is 2.22. The zero-order valence-electron chi connectivity index (χ0n) is 12.9. The van der Waals surface area contributed by atoms with Gasteiger partial charge in [0.25, 0.3) is 5.69 Å². The van der Waals surface area contributed by atoms with Gasteiger partial charge in [-0.2, -0.15) is 0 Å². The molecule has 5 nitrogen and oxygen atoms in total. The first kappa shape index (κ1) is 16.7. The number of hydrogen-bond acceptors (Lipinski definition) is 4. The van der Waals surface area contributed by atoms with E-state index in [0.717, 1.165) is 47.4 Å². The summed E-state index contributed by atoms with van der Waals surface area (Å²) < 4.78 is 0. The summed E-state index contributed by atoms with van der Waals surface area (Å²) in [6.45, 7) is 3.32. The molecule has 0 bridgehead atoms. The SMILES string of the molecule is O=[N+]([O-])c1ccc(C(=S)N2CCN(c3cccc(Cl)c3)CC2)cc1. The molecule has 0 saturated carbocycles. The molecule has 7 heteroatoms. The van der Waals surface area contributed by atoms with Crippen LogP contribution in [-0.4, -0.2) is 41.0 Å². The van der Waals surface area contributed by atoms with Gasteiger partial charge in [0.15, 0.2) is 0 Å². The number of hydrogen-bond donors (Lipinski definition) is 0. The van der Waals surface area contributed by atoms with E-state index in [1.165, 1.54) is 12.1 Å². The van der Waals surface area contributed by atoms with Gasteiger partial charge in [0, 0.05) is 54.6 Å². The zero-order chi connectivity index (χ0) is 17.1. The molecule has 0 aromatic heterocycles. The van der Waals surface area contributed by atoms with Gasteiger partial charge in [-0.25, -0.2) is 0 Å². The van der Waals surface area contributed by atoms with Crippen molar-refractivity contribution in [2.24, 2.45) is 0 Å². The molecule has 0 unspecified atom stereocenters. The number of benzene rings is 2. The molecule has 1 fully saturated rings. The van der Waals surface area contributed by atoms with Gasteiger partial charge >= 0.3 is 0 Å². The van der Waals surface area contributed by atoms with Crippen molar-refractivity contribution >= 4 is 40.2 Å². The second-order valence-electron chi connectivity index (χ2n) is 5.56. The quantitative estimate of drug-likeness (QED) is 0.473. The number of anilines is 1. The van der Waals surface area contributed by atoms with Crippen molar-refractivity contribution in [2.45, 2.75) is 0 Å². The van der Waals surface area contributed by atoms with E-state index < -0.39 is 4.92 Å². The van der Waals surface area contributed by atoms with Crippen LogP contribution in [0.25, 0.3) is 0 Å². The number of nitrogens with zero attached hydrogens (tertiary/aromatic N) is 3. The van der Waals surface area contributed by atoms with Gasteiger partial charge in [-0.3, -0.25) is 10.1 Å². The Morgan fingerprint density at radius 1 is 1.08 bits per heavy atom. The van der Waals surface area contributed by atoms with Crippen molar-refractivity contribution in [1.82, 2.24) is 4.90 Å². The summed E-state index contributed by atoms with van der Waals surface area (Å²) in [5, 5.41) is 11.5. The maximum atomic E-state index is 10.7. The fraction of sp³-hybridized carbons (Fsp3) is 0.235. The van der Waals surface area contributed by atoms with Crippen molar-refractivity contribution in [2.75, 3.05) is 31.1 Å². The third-order valence-electron chi connectivity index (χ3n) is 4.07. The van der Waals surface area contributed by atoms with Crippen molar-refractivity contribution in [3.63, 3.8) is 0 Å². The van der Waals surface area contributed by atoms with Crippen molar-refractivity contribution < 1.29 is 4.92 Å². The minimum absolute atomic E-state index is 0.0762. The molecule has 0 N–H and O–H groups in total. The van der Waals surface area contributed by atoms with Gasteiger partial charge in [-0.1, -0.05) is 29.9 Å². The van der Waals surface area contributed by atoms with E-state index in [2.05, 4.69) is 15.9 Å². The third-order valence-corrected chi connectivity index (χ3v) is 4.79. The third kappa shape index (κ3) is 3.66. The molecule has 24 heavy (non-hydrogen) atoms. The highest BCUT2D eigenvalue weighted by atomic mass is 35.5. The summed E-state index contributed by atoms with van der Waals surface area (Å²) in [4.78, 5) is 15.5. The molecule has 124 valence electrons. The van der Waals surface area contributed by atoms with Crippen LogP contribution >= 0.6 is 23.8 Å². The van der Waals surface area contributed by atoms with Crippen molar-refractivity contribution in [3.8, 4) is 0 Å². The Kier molecular flexibility index (Phi) is 4.97. The van der Waals surface area contributed by atoms with Crippen molar-refractivity contribution in [3.05, 3.63) is 69.2 Å². The maximum absolute atomic E-state index is 10.7. The smallest absolute Gasteiger partial charge is 0.269 e. The Morgan fingerprint density at radius 3 is 2.33 bits per heavy atom. The molecule has 2 aromatic rings.